The van der Waals surface area contributed by atoms with Crippen molar-refractivity contribution in [2.24, 2.45) is 5.92 Å². The summed E-state index contributed by atoms with van der Waals surface area (Å²) in [7, 11) is 0. The zero-order valence-electron chi connectivity index (χ0n) is 17.3. The van der Waals surface area contributed by atoms with Gasteiger partial charge in [-0.2, -0.15) is 0 Å². The summed E-state index contributed by atoms with van der Waals surface area (Å²) in [6.07, 6.45) is 10.7. The Morgan fingerprint density at radius 1 is 0.931 bits per heavy atom. The highest BCUT2D eigenvalue weighted by Gasteiger charge is 2.18. The van der Waals surface area contributed by atoms with Crippen molar-refractivity contribution in [1.29, 1.82) is 0 Å². The van der Waals surface area contributed by atoms with E-state index in [1.807, 2.05) is 30.3 Å². The van der Waals surface area contributed by atoms with Gasteiger partial charge in [0.2, 0.25) is 0 Å². The molecule has 2 aromatic rings. The second-order valence-electron chi connectivity index (χ2n) is 8.57. The fourth-order valence-electron chi connectivity index (χ4n) is 4.49. The maximum Gasteiger partial charge on any atom is 0.159 e. The van der Waals surface area contributed by atoms with E-state index >= 15 is 0 Å². The lowest BCUT2D eigenvalue weighted by atomic mass is 9.90. The van der Waals surface area contributed by atoms with Gasteiger partial charge in [-0.05, 0) is 42.9 Å². The lowest BCUT2D eigenvalue weighted by molar-refractivity contribution is -0.114. The van der Waals surface area contributed by atoms with Gasteiger partial charge in [0.25, 0.3) is 0 Å². The molecular formula is C26H31NO2. The molecule has 0 aliphatic heterocycles. The Morgan fingerprint density at radius 2 is 1.72 bits per heavy atom. The molecule has 0 heterocycles. The van der Waals surface area contributed by atoms with Gasteiger partial charge in [0.05, 0.1) is 0 Å². The predicted molar refractivity (Wildman–Crippen MR) is 119 cm³/mol. The monoisotopic (exact) mass is 389 g/mol. The first kappa shape index (κ1) is 19.8. The molecule has 1 saturated carbocycles. The smallest absolute Gasteiger partial charge is 0.159 e. The van der Waals surface area contributed by atoms with Crippen molar-refractivity contribution in [2.75, 3.05) is 5.32 Å². The van der Waals surface area contributed by atoms with Crippen LogP contribution in [-0.4, -0.2) is 11.8 Å². The maximum atomic E-state index is 12.2. The van der Waals surface area contributed by atoms with Crippen LogP contribution in [0.4, 0.5) is 5.69 Å². The molecule has 0 aromatic heterocycles. The number of anilines is 1. The SMILES string of the molecule is CC1CCCC(Nc2cccc(OC3=CC(=O)CCc4ccccc43)c2)CCC1. The minimum atomic E-state index is 0.120. The summed E-state index contributed by atoms with van der Waals surface area (Å²) < 4.78 is 6.22. The number of carbonyl (C=O) groups is 1. The number of rotatable bonds is 4. The van der Waals surface area contributed by atoms with Gasteiger partial charge in [0.15, 0.2) is 5.78 Å². The number of ketones is 1. The number of ether oxygens (including phenoxy) is 1. The Kier molecular flexibility index (Phi) is 6.33. The van der Waals surface area contributed by atoms with Crippen LogP contribution in [0.1, 0.15) is 63.0 Å². The molecule has 152 valence electrons. The first-order valence-electron chi connectivity index (χ1n) is 11.0. The molecular weight excluding hydrogens is 358 g/mol. The van der Waals surface area contributed by atoms with Crippen LogP contribution >= 0.6 is 0 Å². The second-order valence-corrected chi connectivity index (χ2v) is 8.57. The Morgan fingerprint density at radius 3 is 2.55 bits per heavy atom. The van der Waals surface area contributed by atoms with Crippen molar-refractivity contribution in [3.8, 4) is 5.75 Å². The first-order chi connectivity index (χ1) is 14.2. The topological polar surface area (TPSA) is 38.3 Å². The summed E-state index contributed by atoms with van der Waals surface area (Å²) in [5.74, 6) is 2.41. The molecule has 0 bridgehead atoms. The van der Waals surface area contributed by atoms with Crippen molar-refractivity contribution < 1.29 is 9.53 Å². The zero-order chi connectivity index (χ0) is 20.1. The first-order valence-corrected chi connectivity index (χ1v) is 11.0. The molecule has 29 heavy (non-hydrogen) atoms. The van der Waals surface area contributed by atoms with Gasteiger partial charge in [-0.15, -0.1) is 0 Å². The molecule has 1 fully saturated rings. The fraction of sp³-hybridized carbons (Fsp3) is 0.423. The lowest BCUT2D eigenvalue weighted by Crippen LogP contribution is -2.21. The fourth-order valence-corrected chi connectivity index (χ4v) is 4.49. The van der Waals surface area contributed by atoms with Crippen LogP contribution < -0.4 is 10.1 Å². The van der Waals surface area contributed by atoms with Crippen molar-refractivity contribution in [3.05, 3.63) is 65.7 Å². The summed E-state index contributed by atoms with van der Waals surface area (Å²) in [5, 5.41) is 3.71. The third-order valence-electron chi connectivity index (χ3n) is 6.15. The van der Waals surface area contributed by atoms with Crippen LogP contribution in [-0.2, 0) is 11.2 Å². The molecule has 4 rings (SSSR count). The summed E-state index contributed by atoms with van der Waals surface area (Å²) in [6.45, 7) is 2.37. The highest BCUT2D eigenvalue weighted by Crippen LogP contribution is 2.30. The molecule has 2 aromatic carbocycles. The Hall–Kier alpha value is -2.55. The summed E-state index contributed by atoms with van der Waals surface area (Å²) in [6, 6.07) is 16.8. The van der Waals surface area contributed by atoms with Gasteiger partial charge in [0.1, 0.15) is 11.5 Å². The Bertz CT molecular complexity index is 876. The minimum Gasteiger partial charge on any atom is -0.457 e. The molecule has 0 amide bonds. The van der Waals surface area contributed by atoms with Crippen LogP contribution in [0.2, 0.25) is 0 Å². The summed E-state index contributed by atoms with van der Waals surface area (Å²) in [4.78, 5) is 12.2. The van der Waals surface area contributed by atoms with Gasteiger partial charge in [-0.25, -0.2) is 0 Å². The van der Waals surface area contributed by atoms with E-state index in [0.29, 0.717) is 18.2 Å². The zero-order valence-corrected chi connectivity index (χ0v) is 17.3. The average molecular weight is 390 g/mol. The number of allylic oxidation sites excluding steroid dienone is 1. The van der Waals surface area contributed by atoms with Gasteiger partial charge in [-0.1, -0.05) is 62.9 Å². The molecule has 0 spiro atoms. The molecule has 1 N–H and O–H groups in total. The minimum absolute atomic E-state index is 0.120. The largest absolute Gasteiger partial charge is 0.457 e. The third kappa shape index (κ3) is 5.29. The maximum absolute atomic E-state index is 12.2. The van der Waals surface area contributed by atoms with Crippen molar-refractivity contribution in [2.45, 2.75) is 64.3 Å². The van der Waals surface area contributed by atoms with Crippen LogP contribution in [0.15, 0.2) is 54.6 Å². The van der Waals surface area contributed by atoms with E-state index in [0.717, 1.165) is 29.3 Å². The molecule has 2 aliphatic carbocycles. The van der Waals surface area contributed by atoms with E-state index in [1.165, 1.54) is 44.1 Å². The molecule has 0 radical (unpaired) electrons. The van der Waals surface area contributed by atoms with E-state index in [-0.39, 0.29) is 5.78 Å². The van der Waals surface area contributed by atoms with E-state index in [2.05, 4.69) is 30.4 Å². The van der Waals surface area contributed by atoms with Crippen LogP contribution in [0.5, 0.6) is 5.75 Å². The van der Waals surface area contributed by atoms with Crippen LogP contribution in [0.3, 0.4) is 0 Å². The van der Waals surface area contributed by atoms with Crippen molar-refractivity contribution in [1.82, 2.24) is 0 Å². The number of nitrogens with one attached hydrogen (secondary N) is 1. The highest BCUT2D eigenvalue weighted by atomic mass is 16.5. The summed E-state index contributed by atoms with van der Waals surface area (Å²) >= 11 is 0. The number of hydrogen-bond donors (Lipinski definition) is 1. The number of hydrogen-bond acceptors (Lipinski definition) is 3. The van der Waals surface area contributed by atoms with E-state index in [4.69, 9.17) is 4.74 Å². The molecule has 2 aliphatic rings. The van der Waals surface area contributed by atoms with Gasteiger partial charge in [0, 0.05) is 35.9 Å². The molecule has 0 atom stereocenters. The van der Waals surface area contributed by atoms with Gasteiger partial charge < -0.3 is 10.1 Å². The van der Waals surface area contributed by atoms with E-state index < -0.39 is 0 Å². The highest BCUT2D eigenvalue weighted by molar-refractivity contribution is 5.97. The summed E-state index contributed by atoms with van der Waals surface area (Å²) in [5.41, 5.74) is 3.28. The number of aryl methyl sites for hydroxylation is 1. The quantitative estimate of drug-likeness (QED) is 0.658. The molecule has 3 heteroatoms. The van der Waals surface area contributed by atoms with E-state index in [1.54, 1.807) is 6.08 Å². The molecule has 0 saturated heterocycles. The third-order valence-corrected chi connectivity index (χ3v) is 6.15. The Labute approximate surface area is 174 Å². The van der Waals surface area contributed by atoms with Gasteiger partial charge in [-0.3, -0.25) is 4.79 Å². The number of carbonyl (C=O) groups excluding carboxylic acids is 1. The van der Waals surface area contributed by atoms with Crippen LogP contribution in [0, 0.1) is 5.92 Å². The molecule has 0 unspecified atom stereocenters. The van der Waals surface area contributed by atoms with Crippen molar-refractivity contribution >= 4 is 17.2 Å². The predicted octanol–water partition coefficient (Wildman–Crippen LogP) is 6.39. The Balaban J connectivity index is 1.48. The van der Waals surface area contributed by atoms with Crippen molar-refractivity contribution in [3.63, 3.8) is 0 Å². The molecule has 3 nitrogen and oxygen atoms in total. The van der Waals surface area contributed by atoms with Gasteiger partial charge >= 0.3 is 0 Å². The van der Waals surface area contributed by atoms with Crippen LogP contribution in [0.25, 0.3) is 5.76 Å². The van der Waals surface area contributed by atoms with E-state index in [9.17, 15) is 4.79 Å². The average Bonchev–Trinajstić information content (AvgIpc) is 2.85. The number of fused-ring (bicyclic) bond motifs is 1. The normalized spacial score (nSPS) is 22.5. The lowest BCUT2D eigenvalue weighted by Gasteiger charge is -2.24. The second kappa shape index (κ2) is 9.30. The number of benzene rings is 2. The standard InChI is InChI=1S/C26H31NO2/c1-19-7-4-10-21(11-5-8-19)27-22-12-6-13-24(17-22)29-26-18-23(28)16-15-20-9-2-3-14-25(20)26/h2-3,6,9,12-14,17-19,21,27H,4-5,7-8,10-11,15-16H2,1H3.